The van der Waals surface area contributed by atoms with Crippen molar-refractivity contribution in [1.82, 2.24) is 0 Å². The zero-order valence-corrected chi connectivity index (χ0v) is 7.52. The number of hydrogen-bond acceptors (Lipinski definition) is 1. The third kappa shape index (κ3) is 1.42. The number of nitrogens with zero attached hydrogens (tertiary/aromatic N) is 1. The molecule has 1 aliphatic carbocycles. The summed E-state index contributed by atoms with van der Waals surface area (Å²) in [7, 11) is 0. The van der Waals surface area contributed by atoms with Crippen molar-refractivity contribution in [2.75, 3.05) is 0 Å². The van der Waals surface area contributed by atoms with Crippen LogP contribution in [0.3, 0.4) is 0 Å². The first-order chi connectivity index (χ1) is 5.38. The highest BCUT2D eigenvalue weighted by molar-refractivity contribution is 5.71. The Balaban J connectivity index is 0.000000281. The predicted molar refractivity (Wildman–Crippen MR) is 49.9 cm³/mol. The van der Waals surface area contributed by atoms with Gasteiger partial charge in [0.2, 0.25) is 0 Å². The Hall–Kier alpha value is -0.850. The van der Waals surface area contributed by atoms with E-state index in [1.807, 2.05) is 20.1 Å². The minimum absolute atomic E-state index is 1.07. The SMILES string of the molecule is CC.CC1=CCC2=C1CC=N2. The van der Waals surface area contributed by atoms with E-state index in [1.165, 1.54) is 16.8 Å². The van der Waals surface area contributed by atoms with Crippen LogP contribution in [0.15, 0.2) is 27.9 Å². The van der Waals surface area contributed by atoms with Crippen molar-refractivity contribution >= 4 is 6.21 Å². The first kappa shape index (κ1) is 8.25. The standard InChI is InChI=1S/C8H9N.C2H6/c1-6-2-3-8-7(6)4-5-9-8;1-2/h2,5H,3-4H2,1H3;1-2H3. The molecule has 2 rings (SSSR count). The second-order valence-corrected chi connectivity index (χ2v) is 2.53. The molecule has 0 saturated heterocycles. The highest BCUT2D eigenvalue weighted by Crippen LogP contribution is 2.31. The van der Waals surface area contributed by atoms with Gasteiger partial charge in [-0.3, -0.25) is 4.99 Å². The van der Waals surface area contributed by atoms with Crippen molar-refractivity contribution in [3.8, 4) is 0 Å². The molecule has 60 valence electrons. The van der Waals surface area contributed by atoms with Crippen LogP contribution in [0.25, 0.3) is 0 Å². The van der Waals surface area contributed by atoms with Crippen molar-refractivity contribution in [2.24, 2.45) is 4.99 Å². The van der Waals surface area contributed by atoms with Crippen LogP contribution < -0.4 is 0 Å². The summed E-state index contributed by atoms with van der Waals surface area (Å²) in [5, 5.41) is 0. The van der Waals surface area contributed by atoms with Gasteiger partial charge >= 0.3 is 0 Å². The zero-order valence-electron chi connectivity index (χ0n) is 7.52. The molecule has 1 heterocycles. The summed E-state index contributed by atoms with van der Waals surface area (Å²) in [6, 6.07) is 0. The maximum atomic E-state index is 4.25. The van der Waals surface area contributed by atoms with E-state index in [4.69, 9.17) is 0 Å². The van der Waals surface area contributed by atoms with Gasteiger partial charge in [-0.15, -0.1) is 0 Å². The molecule has 0 amide bonds. The first-order valence-corrected chi connectivity index (χ1v) is 4.29. The summed E-state index contributed by atoms with van der Waals surface area (Å²) in [4.78, 5) is 4.25. The largest absolute Gasteiger partial charge is 0.265 e. The maximum Gasteiger partial charge on any atom is 0.0475 e. The molecule has 11 heavy (non-hydrogen) atoms. The van der Waals surface area contributed by atoms with E-state index in [9.17, 15) is 0 Å². The second kappa shape index (κ2) is 3.51. The van der Waals surface area contributed by atoms with Crippen LogP contribution in [0.1, 0.15) is 33.6 Å². The molecular formula is C10H15N. The molecule has 0 unspecified atom stereocenters. The third-order valence-electron chi connectivity index (χ3n) is 1.97. The van der Waals surface area contributed by atoms with E-state index in [0.717, 1.165) is 12.8 Å². The van der Waals surface area contributed by atoms with E-state index >= 15 is 0 Å². The van der Waals surface area contributed by atoms with E-state index in [1.54, 1.807) is 0 Å². The summed E-state index contributed by atoms with van der Waals surface area (Å²) in [5.74, 6) is 0. The smallest absolute Gasteiger partial charge is 0.0475 e. The molecule has 0 aromatic heterocycles. The lowest BCUT2D eigenvalue weighted by Gasteiger charge is -1.93. The van der Waals surface area contributed by atoms with Crippen LogP contribution >= 0.6 is 0 Å². The predicted octanol–water partition coefficient (Wildman–Crippen LogP) is 3.09. The van der Waals surface area contributed by atoms with Gasteiger partial charge in [-0.2, -0.15) is 0 Å². The zero-order chi connectivity index (χ0) is 8.27. The van der Waals surface area contributed by atoms with E-state index in [-0.39, 0.29) is 0 Å². The lowest BCUT2D eigenvalue weighted by molar-refractivity contribution is 1.20. The fraction of sp³-hybridized carbons (Fsp3) is 0.500. The Morgan fingerprint density at radius 3 is 2.64 bits per heavy atom. The van der Waals surface area contributed by atoms with E-state index in [2.05, 4.69) is 18.0 Å². The molecule has 0 spiro atoms. The van der Waals surface area contributed by atoms with Gasteiger partial charge in [0, 0.05) is 24.8 Å². The van der Waals surface area contributed by atoms with Crippen LogP contribution in [0, 0.1) is 0 Å². The molecule has 1 heteroatoms. The minimum atomic E-state index is 1.07. The van der Waals surface area contributed by atoms with Gasteiger partial charge in [0.1, 0.15) is 0 Å². The molecule has 0 saturated carbocycles. The topological polar surface area (TPSA) is 12.4 Å². The average molecular weight is 149 g/mol. The fourth-order valence-corrected chi connectivity index (χ4v) is 1.38. The Labute approximate surface area is 68.5 Å². The number of rotatable bonds is 0. The summed E-state index contributed by atoms with van der Waals surface area (Å²) < 4.78 is 0. The number of aliphatic imine (C=N–C) groups is 1. The lowest BCUT2D eigenvalue weighted by Crippen LogP contribution is -1.77. The molecule has 0 aromatic rings. The normalized spacial score (nSPS) is 19.4. The Bertz CT molecular complexity index is 231. The van der Waals surface area contributed by atoms with Gasteiger partial charge < -0.3 is 0 Å². The van der Waals surface area contributed by atoms with Gasteiger partial charge in [0.15, 0.2) is 0 Å². The molecule has 0 fully saturated rings. The Morgan fingerprint density at radius 1 is 1.27 bits per heavy atom. The molecule has 1 aliphatic heterocycles. The molecule has 0 aromatic carbocycles. The van der Waals surface area contributed by atoms with Crippen LogP contribution in [0.4, 0.5) is 0 Å². The minimum Gasteiger partial charge on any atom is -0.265 e. The van der Waals surface area contributed by atoms with Gasteiger partial charge in [-0.25, -0.2) is 0 Å². The highest BCUT2D eigenvalue weighted by Gasteiger charge is 2.15. The maximum absolute atomic E-state index is 4.25. The third-order valence-corrected chi connectivity index (χ3v) is 1.97. The molecule has 0 atom stereocenters. The van der Waals surface area contributed by atoms with E-state index in [0.29, 0.717) is 0 Å². The van der Waals surface area contributed by atoms with Crippen molar-refractivity contribution < 1.29 is 0 Å². The van der Waals surface area contributed by atoms with Crippen LogP contribution in [0.5, 0.6) is 0 Å². The van der Waals surface area contributed by atoms with Gasteiger partial charge in [-0.1, -0.05) is 19.9 Å². The fourth-order valence-electron chi connectivity index (χ4n) is 1.38. The average Bonchev–Trinajstić information content (AvgIpc) is 2.60. The Morgan fingerprint density at radius 2 is 2.00 bits per heavy atom. The lowest BCUT2D eigenvalue weighted by atomic mass is 10.1. The molecular weight excluding hydrogens is 134 g/mol. The van der Waals surface area contributed by atoms with Crippen molar-refractivity contribution in [3.05, 3.63) is 22.9 Å². The molecule has 0 bridgehead atoms. The summed E-state index contributed by atoms with van der Waals surface area (Å²) in [6.07, 6.45) is 6.39. The molecule has 0 N–H and O–H groups in total. The van der Waals surface area contributed by atoms with Crippen LogP contribution in [0.2, 0.25) is 0 Å². The van der Waals surface area contributed by atoms with Gasteiger partial charge in [-0.05, 0) is 18.1 Å². The van der Waals surface area contributed by atoms with Gasteiger partial charge in [0.05, 0.1) is 0 Å². The number of hydrogen-bond donors (Lipinski definition) is 0. The highest BCUT2D eigenvalue weighted by atomic mass is 14.8. The first-order valence-electron chi connectivity index (χ1n) is 4.29. The summed E-state index contributed by atoms with van der Waals surface area (Å²) in [5.41, 5.74) is 4.20. The number of allylic oxidation sites excluding steroid dienone is 3. The summed E-state index contributed by atoms with van der Waals surface area (Å²) >= 11 is 0. The van der Waals surface area contributed by atoms with Crippen molar-refractivity contribution in [1.29, 1.82) is 0 Å². The van der Waals surface area contributed by atoms with Crippen LogP contribution in [-0.4, -0.2) is 6.21 Å². The van der Waals surface area contributed by atoms with E-state index < -0.39 is 0 Å². The second-order valence-electron chi connectivity index (χ2n) is 2.53. The van der Waals surface area contributed by atoms with Crippen LogP contribution in [-0.2, 0) is 0 Å². The van der Waals surface area contributed by atoms with Crippen molar-refractivity contribution in [3.63, 3.8) is 0 Å². The molecule has 0 radical (unpaired) electrons. The van der Waals surface area contributed by atoms with Gasteiger partial charge in [0.25, 0.3) is 0 Å². The monoisotopic (exact) mass is 149 g/mol. The molecule has 2 aliphatic rings. The summed E-state index contributed by atoms with van der Waals surface area (Å²) in [6.45, 7) is 6.16. The Kier molecular flexibility index (Phi) is 2.64. The molecule has 1 nitrogen and oxygen atoms in total. The quantitative estimate of drug-likeness (QED) is 0.502. The van der Waals surface area contributed by atoms with Crippen molar-refractivity contribution in [2.45, 2.75) is 33.6 Å².